The van der Waals surface area contributed by atoms with Crippen LogP contribution in [0, 0.1) is 12.7 Å². The second-order valence-electron chi connectivity index (χ2n) is 6.68. The summed E-state index contributed by atoms with van der Waals surface area (Å²) >= 11 is 6.15. The molecule has 2 aromatic carbocycles. The number of aryl methyl sites for hydroxylation is 1. The average molecular weight is 407 g/mol. The van der Waals surface area contributed by atoms with E-state index in [1.54, 1.807) is 29.2 Å². The van der Waals surface area contributed by atoms with Gasteiger partial charge in [-0.1, -0.05) is 23.7 Å². The van der Waals surface area contributed by atoms with Crippen molar-refractivity contribution in [1.29, 1.82) is 0 Å². The maximum Gasteiger partial charge on any atom is 0.260 e. The molecule has 1 heterocycles. The minimum Gasteiger partial charge on any atom is -0.356 e. The number of fused-ring (bicyclic) bond motifs is 1. The molecule has 1 amide bonds. The number of rotatable bonds is 6. The summed E-state index contributed by atoms with van der Waals surface area (Å²) in [7, 11) is 0.289. The zero-order chi connectivity index (χ0) is 19.6. The topological polar surface area (TPSA) is 29.5 Å². The van der Waals surface area contributed by atoms with Gasteiger partial charge in [-0.05, 0) is 59.3 Å². The molecule has 0 unspecified atom stereocenters. The Morgan fingerprint density at radius 1 is 1.22 bits per heavy atom. The number of anilines is 1. The van der Waals surface area contributed by atoms with E-state index in [0.29, 0.717) is 22.8 Å². The lowest BCUT2D eigenvalue weighted by Crippen LogP contribution is -2.30. The van der Waals surface area contributed by atoms with Gasteiger partial charge in [0, 0.05) is 16.2 Å². The molecule has 0 spiro atoms. The third kappa shape index (κ3) is 4.54. The molecule has 0 saturated heterocycles. The van der Waals surface area contributed by atoms with Crippen molar-refractivity contribution in [1.82, 2.24) is 0 Å². The predicted octanol–water partition coefficient (Wildman–Crippen LogP) is 4.53. The van der Waals surface area contributed by atoms with Crippen LogP contribution in [0.3, 0.4) is 0 Å². The Morgan fingerprint density at radius 2 is 2.00 bits per heavy atom. The van der Waals surface area contributed by atoms with Crippen molar-refractivity contribution in [2.75, 3.05) is 36.5 Å². The number of amides is 1. The van der Waals surface area contributed by atoms with Gasteiger partial charge in [0.15, 0.2) is 0 Å². The first-order chi connectivity index (χ1) is 12.9. The molecule has 0 fully saturated rings. The number of halogens is 2. The van der Waals surface area contributed by atoms with Crippen molar-refractivity contribution in [2.24, 2.45) is 0 Å². The Bertz CT molecular complexity index is 898. The maximum absolute atomic E-state index is 13.7. The Balaban J connectivity index is 1.93. The van der Waals surface area contributed by atoms with Gasteiger partial charge in [-0.25, -0.2) is 4.39 Å². The van der Waals surface area contributed by atoms with Crippen molar-refractivity contribution in [3.8, 4) is 0 Å². The van der Waals surface area contributed by atoms with Gasteiger partial charge < -0.3 is 4.74 Å². The van der Waals surface area contributed by atoms with E-state index in [2.05, 4.69) is 12.5 Å². The summed E-state index contributed by atoms with van der Waals surface area (Å²) in [5, 5.41) is 0.554. The summed E-state index contributed by atoms with van der Waals surface area (Å²) in [5.74, 6) is 0.460. The van der Waals surface area contributed by atoms with Crippen LogP contribution >= 0.6 is 11.6 Å². The number of ether oxygens (including phenoxy) is 1. The molecule has 0 aromatic heterocycles. The lowest BCUT2D eigenvalue weighted by Gasteiger charge is -2.17. The molecule has 0 N–H and O–H groups in total. The van der Waals surface area contributed by atoms with Gasteiger partial charge in [-0.3, -0.25) is 9.69 Å². The van der Waals surface area contributed by atoms with E-state index in [-0.39, 0.29) is 29.4 Å². The predicted molar refractivity (Wildman–Crippen MR) is 113 cm³/mol. The van der Waals surface area contributed by atoms with Crippen LogP contribution in [-0.2, 0) is 20.4 Å². The molecule has 1 aliphatic heterocycles. The highest BCUT2D eigenvalue weighted by molar-refractivity contribution is 7.95. The van der Waals surface area contributed by atoms with Crippen LogP contribution in [0.1, 0.15) is 16.7 Å². The summed E-state index contributed by atoms with van der Waals surface area (Å²) in [6, 6.07) is 9.90. The van der Waals surface area contributed by atoms with E-state index in [1.165, 1.54) is 12.1 Å². The van der Waals surface area contributed by atoms with Crippen LogP contribution < -0.4 is 4.90 Å². The number of carbonyl (C=O) groups is 1. The van der Waals surface area contributed by atoms with Crippen molar-refractivity contribution in [3.05, 3.63) is 63.9 Å². The number of hydrogen-bond acceptors (Lipinski definition) is 2. The van der Waals surface area contributed by atoms with E-state index >= 15 is 0 Å². The summed E-state index contributed by atoms with van der Waals surface area (Å²) in [6.45, 7) is 2.66. The highest BCUT2D eigenvalue weighted by atomic mass is 35.5. The Hall–Kier alpha value is -1.82. The fraction of sp³-hybridized carbons (Fsp3) is 0.286. The van der Waals surface area contributed by atoms with Crippen molar-refractivity contribution < 1.29 is 13.9 Å². The van der Waals surface area contributed by atoms with Crippen LogP contribution in [-0.4, -0.2) is 37.5 Å². The fourth-order valence-corrected chi connectivity index (χ4v) is 3.51. The van der Waals surface area contributed by atoms with Gasteiger partial charge in [0.1, 0.15) is 18.3 Å². The molecule has 3 rings (SSSR count). The molecule has 0 aliphatic carbocycles. The molecular formula is C21H22ClFNO2S+. The van der Waals surface area contributed by atoms with Gasteiger partial charge in [0.2, 0.25) is 0 Å². The smallest absolute Gasteiger partial charge is 0.260 e. The lowest BCUT2D eigenvalue weighted by atomic mass is 10.0. The van der Waals surface area contributed by atoms with Crippen LogP contribution in [0.4, 0.5) is 10.1 Å². The first-order valence-electron chi connectivity index (χ1n) is 8.58. The Kier molecular flexibility index (Phi) is 6.25. The third-order valence-electron chi connectivity index (χ3n) is 4.41. The van der Waals surface area contributed by atoms with Crippen LogP contribution in [0.2, 0.25) is 5.02 Å². The van der Waals surface area contributed by atoms with Crippen molar-refractivity contribution >= 4 is 45.7 Å². The first kappa shape index (κ1) is 19.9. The van der Waals surface area contributed by atoms with Gasteiger partial charge in [0.05, 0.1) is 24.8 Å². The molecule has 27 heavy (non-hydrogen) atoms. The molecule has 0 radical (unpaired) electrons. The second-order valence-corrected chi connectivity index (χ2v) is 9.50. The Morgan fingerprint density at radius 3 is 2.74 bits per heavy atom. The number of nitrogens with zero attached hydrogens (tertiary/aromatic N) is 1. The highest BCUT2D eigenvalue weighted by Gasteiger charge is 2.32. The molecule has 0 saturated carbocycles. The number of hydrogen-bond donors (Lipinski definition) is 0. The summed E-state index contributed by atoms with van der Waals surface area (Å²) in [4.78, 5) is 14.6. The van der Waals surface area contributed by atoms with Crippen LogP contribution in [0.15, 0.2) is 36.4 Å². The van der Waals surface area contributed by atoms with Crippen LogP contribution in [0.5, 0.6) is 0 Å². The van der Waals surface area contributed by atoms with E-state index in [0.717, 1.165) is 22.6 Å². The van der Waals surface area contributed by atoms with E-state index < -0.39 is 0 Å². The zero-order valence-corrected chi connectivity index (χ0v) is 17.2. The monoisotopic (exact) mass is 406 g/mol. The van der Waals surface area contributed by atoms with Gasteiger partial charge in [-0.2, -0.15) is 0 Å². The average Bonchev–Trinajstić information content (AvgIpc) is 2.86. The summed E-state index contributed by atoms with van der Waals surface area (Å²) < 4.78 is 19.4. The molecule has 142 valence electrons. The zero-order valence-electron chi connectivity index (χ0n) is 15.6. The number of carbonyl (C=O) groups excluding carboxylic acids is 1. The first-order valence-corrected chi connectivity index (χ1v) is 11.2. The van der Waals surface area contributed by atoms with Crippen molar-refractivity contribution in [3.63, 3.8) is 0 Å². The quantitative estimate of drug-likeness (QED) is 0.401. The maximum atomic E-state index is 13.7. The SMILES string of the molecule is Cc1ccc(F)cc1/C=C1/C(=O)N(COCC[S+](C)C)c2cc(Cl)ccc21. The normalized spacial score (nSPS) is 15.1. The number of benzene rings is 2. The van der Waals surface area contributed by atoms with Gasteiger partial charge in [-0.15, -0.1) is 0 Å². The fourth-order valence-electron chi connectivity index (χ4n) is 2.90. The largest absolute Gasteiger partial charge is 0.356 e. The molecule has 1 aliphatic rings. The molecule has 2 aromatic rings. The minimum absolute atomic E-state index is 0.164. The molecular weight excluding hydrogens is 385 g/mol. The lowest BCUT2D eigenvalue weighted by molar-refractivity contribution is -0.114. The van der Waals surface area contributed by atoms with Crippen molar-refractivity contribution in [2.45, 2.75) is 6.92 Å². The van der Waals surface area contributed by atoms with E-state index in [1.807, 2.05) is 13.0 Å². The summed E-state index contributed by atoms with van der Waals surface area (Å²) in [6.07, 6.45) is 6.05. The minimum atomic E-state index is -0.330. The molecule has 3 nitrogen and oxygen atoms in total. The molecule has 0 bridgehead atoms. The van der Waals surface area contributed by atoms with Gasteiger partial charge >= 0.3 is 0 Å². The molecule has 0 atom stereocenters. The van der Waals surface area contributed by atoms with E-state index in [4.69, 9.17) is 16.3 Å². The van der Waals surface area contributed by atoms with Crippen LogP contribution in [0.25, 0.3) is 11.6 Å². The summed E-state index contributed by atoms with van der Waals surface area (Å²) in [5.41, 5.74) is 3.61. The van der Waals surface area contributed by atoms with Gasteiger partial charge in [0.25, 0.3) is 5.91 Å². The Labute approximate surface area is 167 Å². The highest BCUT2D eigenvalue weighted by Crippen LogP contribution is 2.39. The third-order valence-corrected chi connectivity index (χ3v) is 5.63. The second kappa shape index (κ2) is 8.46. The van der Waals surface area contributed by atoms with E-state index in [9.17, 15) is 9.18 Å². The standard InChI is InChI=1S/C21H22ClFNO2S/c1-14-4-6-17(23)10-15(14)11-19-18-7-5-16(22)12-20(18)24(21(19)25)13-26-8-9-27(2)3/h4-7,10-12H,8-9,13H2,1-3H3/q+1/b19-11+. The molecule has 6 heteroatoms.